The second-order valence-electron chi connectivity index (χ2n) is 6.23. The predicted octanol–water partition coefficient (Wildman–Crippen LogP) is 3.76. The van der Waals surface area contributed by atoms with E-state index in [1.807, 2.05) is 18.2 Å². The van der Waals surface area contributed by atoms with E-state index in [0.29, 0.717) is 0 Å². The first-order chi connectivity index (χ1) is 12.2. The van der Waals surface area contributed by atoms with Gasteiger partial charge in [0.2, 0.25) is 0 Å². The van der Waals surface area contributed by atoms with Gasteiger partial charge in [0.25, 0.3) is 5.76 Å². The first-order valence-corrected chi connectivity index (χ1v) is 7.91. The summed E-state index contributed by atoms with van der Waals surface area (Å²) < 4.78 is 0. The molecule has 2 aromatic rings. The van der Waals surface area contributed by atoms with Gasteiger partial charge in [0.05, 0.1) is 0 Å². The fourth-order valence-corrected chi connectivity index (χ4v) is 2.37. The fraction of sp³-hybridized carbons (Fsp3) is 0.200. The second kappa shape index (κ2) is 7.84. The molecular formula is C20H20O6. The molecule has 136 valence electrons. The zero-order valence-electron chi connectivity index (χ0n) is 14.7. The first kappa shape index (κ1) is 19.2. The van der Waals surface area contributed by atoms with E-state index in [4.69, 9.17) is 9.78 Å². The van der Waals surface area contributed by atoms with Crippen LogP contribution in [0.3, 0.4) is 0 Å². The van der Waals surface area contributed by atoms with Gasteiger partial charge in [-0.15, -0.1) is 0 Å². The summed E-state index contributed by atoms with van der Waals surface area (Å²) in [5.41, 5.74) is 0.285. The molecule has 0 saturated heterocycles. The molecule has 0 saturated carbocycles. The van der Waals surface area contributed by atoms with Crippen molar-refractivity contribution in [1.29, 1.82) is 0 Å². The first-order valence-electron chi connectivity index (χ1n) is 7.91. The Labute approximate surface area is 151 Å². The van der Waals surface area contributed by atoms with Gasteiger partial charge in [-0.05, 0) is 31.9 Å². The van der Waals surface area contributed by atoms with E-state index < -0.39 is 28.9 Å². The summed E-state index contributed by atoms with van der Waals surface area (Å²) in [4.78, 5) is 33.7. The lowest BCUT2D eigenvalue weighted by Gasteiger charge is -2.24. The highest BCUT2D eigenvalue weighted by atomic mass is 17.2. The average Bonchev–Trinajstić information content (AvgIpc) is 2.58. The molecule has 0 fully saturated rings. The maximum atomic E-state index is 11.7. The van der Waals surface area contributed by atoms with Crippen LogP contribution in [0.15, 0.2) is 60.4 Å². The summed E-state index contributed by atoms with van der Waals surface area (Å²) in [6.07, 6.45) is 0. The molecule has 6 heteroatoms. The van der Waals surface area contributed by atoms with Crippen molar-refractivity contribution < 1.29 is 29.6 Å². The summed E-state index contributed by atoms with van der Waals surface area (Å²) in [6, 6.07) is 15.5. The molecule has 0 aromatic heterocycles. The van der Waals surface area contributed by atoms with Gasteiger partial charge >= 0.3 is 11.9 Å². The minimum Gasteiger partial charge on any atom is -0.478 e. The van der Waals surface area contributed by atoms with Gasteiger partial charge in [-0.2, -0.15) is 4.89 Å². The highest BCUT2D eigenvalue weighted by molar-refractivity contribution is 6.21. The fourth-order valence-electron chi connectivity index (χ4n) is 2.37. The van der Waals surface area contributed by atoms with Gasteiger partial charge in [-0.25, -0.2) is 9.59 Å². The number of rotatable bonds is 7. The number of carboxylic acids is 2. The normalized spacial score (nSPS) is 12.3. The monoisotopic (exact) mass is 356 g/mol. The van der Waals surface area contributed by atoms with Crippen molar-refractivity contribution in [2.75, 3.05) is 0 Å². The van der Waals surface area contributed by atoms with E-state index in [0.717, 1.165) is 11.1 Å². The molecule has 6 nitrogen and oxygen atoms in total. The quantitative estimate of drug-likeness (QED) is 0.340. The Morgan fingerprint density at radius 1 is 0.923 bits per heavy atom. The van der Waals surface area contributed by atoms with Crippen molar-refractivity contribution in [2.45, 2.75) is 26.4 Å². The standard InChI is InChI=1S/C20H20O6/c1-13-8-7-9-14(12-13)16(18(21)22)17(19(23)24)25-26-20(2,3)15-10-5-4-6-11-15/h4-12H,1-3H3,(H,21,22)(H,23,24). The minimum absolute atomic E-state index is 0.219. The van der Waals surface area contributed by atoms with E-state index >= 15 is 0 Å². The molecule has 0 aliphatic rings. The van der Waals surface area contributed by atoms with E-state index in [9.17, 15) is 19.8 Å². The average molecular weight is 356 g/mol. The van der Waals surface area contributed by atoms with Gasteiger partial charge in [0.15, 0.2) is 0 Å². The largest absolute Gasteiger partial charge is 0.478 e. The van der Waals surface area contributed by atoms with Crippen LogP contribution in [0.2, 0.25) is 0 Å². The Bertz CT molecular complexity index is 836. The number of aryl methyl sites for hydroxylation is 1. The van der Waals surface area contributed by atoms with E-state index in [-0.39, 0.29) is 5.56 Å². The lowest BCUT2D eigenvalue weighted by Crippen LogP contribution is -2.24. The van der Waals surface area contributed by atoms with Crippen LogP contribution in [0.4, 0.5) is 0 Å². The van der Waals surface area contributed by atoms with E-state index in [2.05, 4.69) is 0 Å². The number of aliphatic carboxylic acids is 2. The summed E-state index contributed by atoms with van der Waals surface area (Å²) in [5.74, 6) is -3.74. The summed E-state index contributed by atoms with van der Waals surface area (Å²) in [7, 11) is 0. The highest BCUT2D eigenvalue weighted by Gasteiger charge is 2.29. The molecule has 2 N–H and O–H groups in total. The lowest BCUT2D eigenvalue weighted by atomic mass is 9.99. The number of carboxylic acid groups (broad SMARTS) is 2. The van der Waals surface area contributed by atoms with Gasteiger partial charge in [0, 0.05) is 0 Å². The number of hydrogen-bond donors (Lipinski definition) is 2. The molecule has 26 heavy (non-hydrogen) atoms. The van der Waals surface area contributed by atoms with Crippen molar-refractivity contribution in [3.05, 3.63) is 77.0 Å². The van der Waals surface area contributed by atoms with Crippen LogP contribution in [0.5, 0.6) is 0 Å². The maximum Gasteiger partial charge on any atom is 0.376 e. The molecular weight excluding hydrogens is 336 g/mol. The summed E-state index contributed by atoms with van der Waals surface area (Å²) >= 11 is 0. The van der Waals surface area contributed by atoms with Crippen molar-refractivity contribution >= 4 is 17.5 Å². The van der Waals surface area contributed by atoms with Crippen LogP contribution in [0, 0.1) is 6.92 Å². The Kier molecular flexibility index (Phi) is 5.79. The van der Waals surface area contributed by atoms with Crippen molar-refractivity contribution in [1.82, 2.24) is 0 Å². The third-order valence-electron chi connectivity index (χ3n) is 3.74. The molecule has 0 bridgehead atoms. The molecule has 0 unspecified atom stereocenters. The topological polar surface area (TPSA) is 93.1 Å². The van der Waals surface area contributed by atoms with Crippen LogP contribution in [-0.4, -0.2) is 22.2 Å². The predicted molar refractivity (Wildman–Crippen MR) is 95.0 cm³/mol. The van der Waals surface area contributed by atoms with Gasteiger partial charge < -0.3 is 15.1 Å². The van der Waals surface area contributed by atoms with Crippen LogP contribution < -0.4 is 0 Å². The number of benzene rings is 2. The molecule has 0 aliphatic carbocycles. The third-order valence-corrected chi connectivity index (χ3v) is 3.74. The second-order valence-corrected chi connectivity index (χ2v) is 6.23. The number of carbonyl (C=O) groups is 2. The molecule has 0 radical (unpaired) electrons. The SMILES string of the molecule is Cc1cccc(C(C(=O)O)=C(OOC(C)(C)c2ccccc2)C(=O)O)c1. The minimum atomic E-state index is -1.53. The van der Waals surface area contributed by atoms with Crippen LogP contribution >= 0.6 is 0 Å². The molecule has 0 atom stereocenters. The van der Waals surface area contributed by atoms with Crippen LogP contribution in [0.25, 0.3) is 5.57 Å². The summed E-state index contributed by atoms with van der Waals surface area (Å²) in [6.45, 7) is 5.16. The molecule has 2 aromatic carbocycles. The Balaban J connectivity index is 2.41. The van der Waals surface area contributed by atoms with Crippen LogP contribution in [-0.2, 0) is 25.0 Å². The molecule has 0 spiro atoms. The zero-order chi connectivity index (χ0) is 19.3. The molecule has 0 aliphatic heterocycles. The van der Waals surface area contributed by atoms with Crippen LogP contribution in [0.1, 0.15) is 30.5 Å². The molecule has 0 heterocycles. The van der Waals surface area contributed by atoms with Crippen molar-refractivity contribution in [3.8, 4) is 0 Å². The van der Waals surface area contributed by atoms with E-state index in [1.165, 1.54) is 6.07 Å². The Hall–Kier alpha value is -3.12. The maximum absolute atomic E-state index is 11.7. The molecule has 0 amide bonds. The third kappa shape index (κ3) is 4.49. The Morgan fingerprint density at radius 3 is 2.12 bits per heavy atom. The highest BCUT2D eigenvalue weighted by Crippen LogP contribution is 2.28. The van der Waals surface area contributed by atoms with Crippen molar-refractivity contribution in [2.24, 2.45) is 0 Å². The smallest absolute Gasteiger partial charge is 0.376 e. The number of hydrogen-bond acceptors (Lipinski definition) is 4. The Morgan fingerprint density at radius 2 is 1.58 bits per heavy atom. The lowest BCUT2D eigenvalue weighted by molar-refractivity contribution is -0.330. The molecule has 2 rings (SSSR count). The van der Waals surface area contributed by atoms with Gasteiger partial charge in [-0.3, -0.25) is 0 Å². The zero-order valence-corrected chi connectivity index (χ0v) is 14.7. The summed E-state index contributed by atoms with van der Waals surface area (Å²) in [5, 5.41) is 19.0. The van der Waals surface area contributed by atoms with Gasteiger partial charge in [-0.1, -0.05) is 60.2 Å². The van der Waals surface area contributed by atoms with Crippen molar-refractivity contribution in [3.63, 3.8) is 0 Å². The van der Waals surface area contributed by atoms with Gasteiger partial charge in [0.1, 0.15) is 11.2 Å². The van der Waals surface area contributed by atoms with E-state index in [1.54, 1.807) is 51.1 Å².